The van der Waals surface area contributed by atoms with Gasteiger partial charge in [-0.3, -0.25) is 0 Å². The molecule has 0 saturated carbocycles. The first kappa shape index (κ1) is 16.9. The van der Waals surface area contributed by atoms with Crippen LogP contribution in [-0.2, 0) is 14.8 Å². The fourth-order valence-electron chi connectivity index (χ4n) is 3.74. The van der Waals surface area contributed by atoms with Crippen molar-refractivity contribution in [3.63, 3.8) is 0 Å². The Morgan fingerprint density at radius 1 is 1.35 bits per heavy atom. The molecule has 0 aromatic heterocycles. The molecule has 0 radical (unpaired) electrons. The predicted molar refractivity (Wildman–Crippen MR) is 89.8 cm³/mol. The molecule has 3 rings (SSSR count). The predicted octanol–water partition coefficient (Wildman–Crippen LogP) is 1.58. The number of hydrogen-bond acceptors (Lipinski definition) is 4. The molecule has 0 N–H and O–H groups in total. The molecule has 2 aliphatic rings. The van der Waals surface area contributed by atoms with Crippen LogP contribution in [0.4, 0.5) is 0 Å². The van der Waals surface area contributed by atoms with E-state index in [9.17, 15) is 8.42 Å². The summed E-state index contributed by atoms with van der Waals surface area (Å²) in [7, 11) is 0.703. The van der Waals surface area contributed by atoms with E-state index >= 15 is 0 Å². The monoisotopic (exact) mass is 338 g/mol. The van der Waals surface area contributed by atoms with Crippen LogP contribution in [0.15, 0.2) is 29.2 Å². The highest BCUT2D eigenvalue weighted by molar-refractivity contribution is 7.89. The van der Waals surface area contributed by atoms with Crippen LogP contribution in [0.5, 0.6) is 0 Å². The maximum absolute atomic E-state index is 12.9. The fraction of sp³-hybridized carbons (Fsp3) is 0.647. The van der Waals surface area contributed by atoms with Crippen molar-refractivity contribution in [3.8, 4) is 0 Å². The van der Waals surface area contributed by atoms with Crippen molar-refractivity contribution in [1.82, 2.24) is 9.21 Å². The van der Waals surface area contributed by atoms with E-state index in [4.69, 9.17) is 4.74 Å². The van der Waals surface area contributed by atoms with Gasteiger partial charge in [0, 0.05) is 25.6 Å². The number of fused-ring (bicyclic) bond motifs is 1. The van der Waals surface area contributed by atoms with Crippen LogP contribution in [0.3, 0.4) is 0 Å². The highest BCUT2D eigenvalue weighted by Crippen LogP contribution is 2.36. The number of benzene rings is 1. The highest BCUT2D eigenvalue weighted by atomic mass is 32.2. The third-order valence-electron chi connectivity index (χ3n) is 4.93. The molecule has 6 heteroatoms. The van der Waals surface area contributed by atoms with Crippen LogP contribution in [0.25, 0.3) is 0 Å². The Morgan fingerprint density at radius 3 is 2.83 bits per heavy atom. The van der Waals surface area contributed by atoms with E-state index in [0.717, 1.165) is 18.5 Å². The number of piperidine rings is 1. The first-order valence-electron chi connectivity index (χ1n) is 8.21. The largest absolute Gasteiger partial charge is 0.376 e. The van der Waals surface area contributed by atoms with Gasteiger partial charge in [0.1, 0.15) is 0 Å². The molecule has 128 valence electrons. The maximum atomic E-state index is 12.9. The average molecular weight is 338 g/mol. The van der Waals surface area contributed by atoms with E-state index in [-0.39, 0.29) is 6.10 Å². The standard InChI is InChI=1S/C17H26N2O3S/c1-13-5-4-6-15(9-13)23(20,21)19-8-7-16-14(10-19)12-22-17(16)11-18(2)3/h4-6,9,14,16-17H,7-8,10-12H2,1-3H3/t14-,16-,17-/m0/s1. The Labute approximate surface area is 139 Å². The van der Waals surface area contributed by atoms with E-state index < -0.39 is 10.0 Å². The minimum Gasteiger partial charge on any atom is -0.376 e. The lowest BCUT2D eigenvalue weighted by Crippen LogP contribution is -2.45. The molecule has 0 spiro atoms. The van der Waals surface area contributed by atoms with Crippen molar-refractivity contribution in [1.29, 1.82) is 0 Å². The summed E-state index contributed by atoms with van der Waals surface area (Å²) < 4.78 is 33.3. The Balaban J connectivity index is 1.73. The van der Waals surface area contributed by atoms with Gasteiger partial charge in [0.15, 0.2) is 0 Å². The van der Waals surface area contributed by atoms with Crippen molar-refractivity contribution in [2.24, 2.45) is 11.8 Å². The Bertz CT molecular complexity index is 660. The third-order valence-corrected chi connectivity index (χ3v) is 6.79. The summed E-state index contributed by atoms with van der Waals surface area (Å²) in [6, 6.07) is 7.17. The van der Waals surface area contributed by atoms with Gasteiger partial charge in [-0.05, 0) is 51.1 Å². The van der Waals surface area contributed by atoms with Crippen LogP contribution in [0.1, 0.15) is 12.0 Å². The summed E-state index contributed by atoms with van der Waals surface area (Å²) >= 11 is 0. The molecule has 1 aromatic rings. The van der Waals surface area contributed by atoms with Gasteiger partial charge in [-0.15, -0.1) is 0 Å². The minimum absolute atomic E-state index is 0.235. The minimum atomic E-state index is -3.40. The number of aryl methyl sites for hydroxylation is 1. The number of rotatable bonds is 4. The number of hydrogen-bond donors (Lipinski definition) is 0. The van der Waals surface area contributed by atoms with E-state index in [1.165, 1.54) is 0 Å². The number of sulfonamides is 1. The zero-order valence-electron chi connectivity index (χ0n) is 14.1. The molecule has 23 heavy (non-hydrogen) atoms. The lowest BCUT2D eigenvalue weighted by atomic mass is 9.85. The van der Waals surface area contributed by atoms with Gasteiger partial charge in [-0.1, -0.05) is 12.1 Å². The third kappa shape index (κ3) is 3.45. The number of likely N-dealkylation sites (N-methyl/N-ethyl adjacent to an activating group) is 1. The fourth-order valence-corrected chi connectivity index (χ4v) is 5.36. The molecule has 1 aromatic carbocycles. The van der Waals surface area contributed by atoms with Crippen LogP contribution in [-0.4, -0.2) is 64.1 Å². The van der Waals surface area contributed by atoms with E-state index in [1.54, 1.807) is 22.5 Å². The van der Waals surface area contributed by atoms with Gasteiger partial charge < -0.3 is 9.64 Å². The Hall–Kier alpha value is -0.950. The molecule has 5 nitrogen and oxygen atoms in total. The molecule has 0 aliphatic carbocycles. The topological polar surface area (TPSA) is 49.9 Å². The summed E-state index contributed by atoms with van der Waals surface area (Å²) in [5.74, 6) is 0.787. The molecule has 0 bridgehead atoms. The summed E-state index contributed by atoms with van der Waals surface area (Å²) in [4.78, 5) is 2.54. The first-order chi connectivity index (χ1) is 10.9. The Morgan fingerprint density at radius 2 is 2.13 bits per heavy atom. The second-order valence-electron chi connectivity index (χ2n) is 7.03. The van der Waals surface area contributed by atoms with Crippen molar-refractivity contribution < 1.29 is 13.2 Å². The Kier molecular flexibility index (Phi) is 4.78. The number of nitrogens with zero attached hydrogens (tertiary/aromatic N) is 2. The maximum Gasteiger partial charge on any atom is 0.243 e. The normalized spacial score (nSPS) is 29.0. The van der Waals surface area contributed by atoms with E-state index in [2.05, 4.69) is 4.90 Å². The van der Waals surface area contributed by atoms with Crippen molar-refractivity contribution >= 4 is 10.0 Å². The van der Waals surface area contributed by atoms with E-state index in [0.29, 0.717) is 36.4 Å². The molecule has 2 saturated heterocycles. The lowest BCUT2D eigenvalue weighted by molar-refractivity contribution is 0.0653. The van der Waals surface area contributed by atoms with Crippen LogP contribution in [0.2, 0.25) is 0 Å². The molecule has 2 fully saturated rings. The van der Waals surface area contributed by atoms with E-state index in [1.807, 2.05) is 27.1 Å². The van der Waals surface area contributed by atoms with Gasteiger partial charge in [-0.25, -0.2) is 8.42 Å². The average Bonchev–Trinajstić information content (AvgIpc) is 2.89. The van der Waals surface area contributed by atoms with Gasteiger partial charge in [0.2, 0.25) is 10.0 Å². The first-order valence-corrected chi connectivity index (χ1v) is 9.65. The summed E-state index contributed by atoms with van der Waals surface area (Å²) in [5.41, 5.74) is 0.969. The summed E-state index contributed by atoms with van der Waals surface area (Å²) in [5, 5.41) is 0. The zero-order valence-corrected chi connectivity index (χ0v) is 14.9. The van der Waals surface area contributed by atoms with Crippen molar-refractivity contribution in [3.05, 3.63) is 29.8 Å². The zero-order chi connectivity index (χ0) is 16.6. The highest BCUT2D eigenvalue weighted by Gasteiger charge is 2.43. The lowest BCUT2D eigenvalue weighted by Gasteiger charge is -2.35. The molecular weight excluding hydrogens is 312 g/mol. The SMILES string of the molecule is Cc1cccc(S(=O)(=O)N2CC[C@H]3[C@H](CO[C@H]3CN(C)C)C2)c1. The molecule has 2 aliphatic heterocycles. The van der Waals surface area contributed by atoms with Crippen LogP contribution >= 0.6 is 0 Å². The van der Waals surface area contributed by atoms with Gasteiger partial charge in [0.25, 0.3) is 0 Å². The molecule has 3 atom stereocenters. The molecule has 0 unspecified atom stereocenters. The molecule has 2 heterocycles. The molecule has 0 amide bonds. The van der Waals surface area contributed by atoms with Crippen molar-refractivity contribution in [2.75, 3.05) is 40.3 Å². The van der Waals surface area contributed by atoms with Gasteiger partial charge >= 0.3 is 0 Å². The van der Waals surface area contributed by atoms with Crippen molar-refractivity contribution in [2.45, 2.75) is 24.3 Å². The second kappa shape index (κ2) is 6.51. The van der Waals surface area contributed by atoms with Crippen LogP contribution in [0, 0.1) is 18.8 Å². The quantitative estimate of drug-likeness (QED) is 0.836. The smallest absolute Gasteiger partial charge is 0.243 e. The number of ether oxygens (including phenoxy) is 1. The van der Waals surface area contributed by atoms with Gasteiger partial charge in [-0.2, -0.15) is 4.31 Å². The molecular formula is C17H26N2O3S. The second-order valence-corrected chi connectivity index (χ2v) is 8.96. The van der Waals surface area contributed by atoms with Gasteiger partial charge in [0.05, 0.1) is 17.6 Å². The van der Waals surface area contributed by atoms with Crippen LogP contribution < -0.4 is 0 Å². The summed E-state index contributed by atoms with van der Waals surface area (Å²) in [6.07, 6.45) is 1.12. The summed E-state index contributed by atoms with van der Waals surface area (Å²) in [6.45, 7) is 4.66.